The number of nitrogens with one attached hydrogen (secondary N) is 2. The van der Waals surface area contributed by atoms with Gasteiger partial charge in [-0.25, -0.2) is 0 Å². The number of benzene rings is 1. The molecule has 1 amide bonds. The maximum absolute atomic E-state index is 12.1. The van der Waals surface area contributed by atoms with E-state index < -0.39 is 0 Å². The van der Waals surface area contributed by atoms with E-state index in [2.05, 4.69) is 19.4 Å². The highest BCUT2D eigenvalue weighted by Crippen LogP contribution is 2.32. The third-order valence-electron chi connectivity index (χ3n) is 3.42. The van der Waals surface area contributed by atoms with Crippen molar-refractivity contribution < 1.29 is 14.3 Å². The summed E-state index contributed by atoms with van der Waals surface area (Å²) in [5.74, 6) is 1.34. The molecule has 0 aliphatic carbocycles. The maximum atomic E-state index is 12.1. The Hall–Kier alpha value is -3.07. The van der Waals surface area contributed by atoms with Gasteiger partial charge in [-0.2, -0.15) is 8.75 Å². The molecule has 0 atom stereocenters. The number of hydrogen-bond acceptors (Lipinski definition) is 8. The summed E-state index contributed by atoms with van der Waals surface area (Å²) in [6.45, 7) is 0.457. The molecule has 3 N–H and O–H groups in total. The number of phenolic OH excluding ortho intramolecular Hbond substituents is 1. The predicted octanol–water partition coefficient (Wildman–Crippen LogP) is 2.89. The van der Waals surface area contributed by atoms with Gasteiger partial charge < -0.3 is 25.1 Å². The molecule has 0 fully saturated rings. The van der Waals surface area contributed by atoms with Crippen molar-refractivity contribution in [3.05, 3.63) is 47.9 Å². The Morgan fingerprint density at radius 3 is 2.76 bits per heavy atom. The molecule has 2 aromatic heterocycles. The third-order valence-corrected chi connectivity index (χ3v) is 3.95. The first-order chi connectivity index (χ1) is 12.1. The molecule has 9 heteroatoms. The van der Waals surface area contributed by atoms with Gasteiger partial charge in [0.1, 0.15) is 5.76 Å². The summed E-state index contributed by atoms with van der Waals surface area (Å²) < 4.78 is 13.6. The molecule has 0 aliphatic rings. The number of phenols is 1. The van der Waals surface area contributed by atoms with Gasteiger partial charge >= 0.3 is 0 Å². The minimum Gasteiger partial charge on any atom is -0.505 e. The van der Waals surface area contributed by atoms with Crippen LogP contribution < -0.4 is 10.6 Å². The molecule has 0 unspecified atom stereocenters. The molecule has 130 valence electrons. The molecule has 0 radical (unpaired) electrons. The molecule has 1 aromatic carbocycles. The van der Waals surface area contributed by atoms with Gasteiger partial charge in [-0.3, -0.25) is 4.79 Å². The number of aromatic hydroxyl groups is 1. The second kappa shape index (κ2) is 7.22. The number of carbonyl (C=O) groups is 1. The van der Waals surface area contributed by atoms with Gasteiger partial charge in [0, 0.05) is 14.1 Å². The lowest BCUT2D eigenvalue weighted by Gasteiger charge is -2.14. The van der Waals surface area contributed by atoms with Crippen LogP contribution in [-0.2, 0) is 6.54 Å². The fourth-order valence-corrected chi connectivity index (χ4v) is 2.64. The lowest BCUT2D eigenvalue weighted by molar-refractivity contribution is 0.0824. The van der Waals surface area contributed by atoms with Crippen molar-refractivity contribution >= 4 is 35.0 Å². The maximum Gasteiger partial charge on any atom is 0.257 e. The van der Waals surface area contributed by atoms with E-state index in [0.29, 0.717) is 23.9 Å². The first-order valence-electron chi connectivity index (χ1n) is 7.45. The van der Waals surface area contributed by atoms with Crippen molar-refractivity contribution in [3.63, 3.8) is 0 Å². The molecule has 2 heterocycles. The Balaban J connectivity index is 1.78. The highest BCUT2D eigenvalue weighted by molar-refractivity contribution is 6.99. The Morgan fingerprint density at radius 2 is 2.04 bits per heavy atom. The normalized spacial score (nSPS) is 10.5. The topological polar surface area (TPSA) is 104 Å². The monoisotopic (exact) mass is 359 g/mol. The molecule has 25 heavy (non-hydrogen) atoms. The van der Waals surface area contributed by atoms with Crippen molar-refractivity contribution in [2.24, 2.45) is 0 Å². The summed E-state index contributed by atoms with van der Waals surface area (Å²) in [5.41, 5.74) is 0.588. The largest absolute Gasteiger partial charge is 0.505 e. The molecule has 0 saturated carbocycles. The van der Waals surface area contributed by atoms with Gasteiger partial charge in [-0.1, -0.05) is 6.07 Å². The molecule has 0 spiro atoms. The average molecular weight is 359 g/mol. The first-order valence-corrected chi connectivity index (χ1v) is 8.18. The van der Waals surface area contributed by atoms with Gasteiger partial charge in [-0.15, -0.1) is 0 Å². The lowest BCUT2D eigenvalue weighted by Crippen LogP contribution is -2.21. The van der Waals surface area contributed by atoms with Crippen LogP contribution in [0.1, 0.15) is 16.1 Å². The zero-order valence-electron chi connectivity index (χ0n) is 13.7. The van der Waals surface area contributed by atoms with Crippen LogP contribution in [0.15, 0.2) is 41.0 Å². The van der Waals surface area contributed by atoms with E-state index in [1.165, 1.54) is 4.90 Å². The van der Waals surface area contributed by atoms with Crippen LogP contribution in [0.4, 0.5) is 17.3 Å². The molecular weight excluding hydrogens is 342 g/mol. The van der Waals surface area contributed by atoms with Crippen LogP contribution in [-0.4, -0.2) is 38.8 Å². The van der Waals surface area contributed by atoms with Crippen LogP contribution in [0.3, 0.4) is 0 Å². The number of aromatic nitrogens is 2. The minimum atomic E-state index is -0.284. The fourth-order valence-electron chi connectivity index (χ4n) is 2.16. The first kappa shape index (κ1) is 16.8. The molecule has 3 rings (SSSR count). The summed E-state index contributed by atoms with van der Waals surface area (Å²) in [5, 5.41) is 16.5. The summed E-state index contributed by atoms with van der Waals surface area (Å²) in [7, 11) is 3.26. The second-order valence-electron chi connectivity index (χ2n) is 5.42. The van der Waals surface area contributed by atoms with Crippen molar-refractivity contribution in [1.29, 1.82) is 0 Å². The Bertz CT molecular complexity index is 861. The number of amides is 1. The van der Waals surface area contributed by atoms with Crippen LogP contribution in [0.2, 0.25) is 0 Å². The van der Waals surface area contributed by atoms with Crippen LogP contribution >= 0.6 is 11.7 Å². The van der Waals surface area contributed by atoms with Crippen LogP contribution in [0.5, 0.6) is 5.75 Å². The van der Waals surface area contributed by atoms with Gasteiger partial charge in [0.2, 0.25) is 0 Å². The van der Waals surface area contributed by atoms with Crippen molar-refractivity contribution in [2.45, 2.75) is 6.54 Å². The van der Waals surface area contributed by atoms with Crippen molar-refractivity contribution in [1.82, 2.24) is 13.6 Å². The lowest BCUT2D eigenvalue weighted by atomic mass is 10.1. The Labute approximate surface area is 148 Å². The quantitative estimate of drug-likeness (QED) is 0.581. The summed E-state index contributed by atoms with van der Waals surface area (Å²) in [6, 6.07) is 8.58. The van der Waals surface area contributed by atoms with Crippen LogP contribution in [0.25, 0.3) is 0 Å². The van der Waals surface area contributed by atoms with E-state index >= 15 is 0 Å². The zero-order valence-corrected chi connectivity index (χ0v) is 14.5. The van der Waals surface area contributed by atoms with Crippen LogP contribution in [0, 0.1) is 0 Å². The minimum absolute atomic E-state index is 0.133. The fraction of sp³-hybridized carbons (Fsp3) is 0.188. The van der Waals surface area contributed by atoms with Gasteiger partial charge in [0.05, 0.1) is 35.8 Å². The van der Waals surface area contributed by atoms with E-state index in [9.17, 15) is 9.90 Å². The number of para-hydroxylation sites is 1. The smallest absolute Gasteiger partial charge is 0.257 e. The number of hydrogen-bond donors (Lipinski definition) is 3. The Morgan fingerprint density at radius 1 is 1.24 bits per heavy atom. The van der Waals surface area contributed by atoms with E-state index in [1.54, 1.807) is 44.6 Å². The predicted molar refractivity (Wildman–Crippen MR) is 95.4 cm³/mol. The van der Waals surface area contributed by atoms with Gasteiger partial charge in [0.15, 0.2) is 17.4 Å². The molecule has 3 aromatic rings. The number of anilines is 3. The molecule has 0 saturated heterocycles. The number of rotatable bonds is 6. The number of carbonyl (C=O) groups excluding carboxylic acids is 1. The highest BCUT2D eigenvalue weighted by Gasteiger charge is 2.17. The SMILES string of the molecule is CN(C)C(=O)c1cccc(Nc2nsnc2NCc2ccco2)c1O. The highest BCUT2D eigenvalue weighted by atomic mass is 32.1. The summed E-state index contributed by atoms with van der Waals surface area (Å²) in [4.78, 5) is 13.5. The number of furan rings is 1. The standard InChI is InChI=1S/C16H17N5O3S/c1-21(2)16(23)11-6-3-7-12(13(11)22)18-15-14(19-25-20-15)17-9-10-5-4-8-24-10/h3-8,22H,9H2,1-2H3,(H,17,19)(H,18,20). The summed E-state index contributed by atoms with van der Waals surface area (Å²) in [6.07, 6.45) is 1.60. The molecular formula is C16H17N5O3S. The van der Waals surface area contributed by atoms with Crippen molar-refractivity contribution in [2.75, 3.05) is 24.7 Å². The Kier molecular flexibility index (Phi) is 4.85. The third kappa shape index (κ3) is 3.72. The second-order valence-corrected chi connectivity index (χ2v) is 5.95. The molecule has 0 bridgehead atoms. The van der Waals surface area contributed by atoms with Crippen molar-refractivity contribution in [3.8, 4) is 5.75 Å². The molecule has 0 aliphatic heterocycles. The van der Waals surface area contributed by atoms with Gasteiger partial charge in [-0.05, 0) is 24.3 Å². The van der Waals surface area contributed by atoms with E-state index in [1.807, 2.05) is 6.07 Å². The zero-order chi connectivity index (χ0) is 17.8. The molecule has 8 nitrogen and oxygen atoms in total. The van der Waals surface area contributed by atoms with E-state index in [-0.39, 0.29) is 17.2 Å². The summed E-state index contributed by atoms with van der Waals surface area (Å²) >= 11 is 1.03. The van der Waals surface area contributed by atoms with E-state index in [0.717, 1.165) is 17.5 Å². The average Bonchev–Trinajstić information content (AvgIpc) is 3.25. The van der Waals surface area contributed by atoms with E-state index in [4.69, 9.17) is 4.42 Å². The number of nitrogens with zero attached hydrogens (tertiary/aromatic N) is 3. The van der Waals surface area contributed by atoms with Gasteiger partial charge in [0.25, 0.3) is 5.91 Å².